The van der Waals surface area contributed by atoms with Crippen molar-refractivity contribution in [3.8, 4) is 0 Å². The standard InChI is InChI=1S/C14H24NP.BH3/c1-9(2)12-7-11(16)8-13(10(3)4)14(12)15(5)6;/h7-10H,16H2,1-6H3;1H3. The van der Waals surface area contributed by atoms with Crippen molar-refractivity contribution in [3.63, 3.8) is 0 Å². The molecule has 96 valence electrons. The van der Waals surface area contributed by atoms with Crippen molar-refractivity contribution in [1.29, 1.82) is 0 Å². The quantitative estimate of drug-likeness (QED) is 0.588. The van der Waals surface area contributed by atoms with Gasteiger partial charge in [0, 0.05) is 19.8 Å². The van der Waals surface area contributed by atoms with E-state index in [1.807, 2.05) is 0 Å². The minimum Gasteiger partial charge on any atom is -0.377 e. The molecule has 1 unspecified atom stereocenters. The minimum atomic E-state index is 0. The highest BCUT2D eigenvalue weighted by Gasteiger charge is 2.16. The molecule has 0 radical (unpaired) electrons. The lowest BCUT2D eigenvalue weighted by Crippen LogP contribution is -2.17. The highest BCUT2D eigenvalue weighted by atomic mass is 31.0. The van der Waals surface area contributed by atoms with Crippen LogP contribution < -0.4 is 10.2 Å². The van der Waals surface area contributed by atoms with E-state index in [9.17, 15) is 0 Å². The lowest BCUT2D eigenvalue weighted by Gasteiger charge is -2.26. The average Bonchev–Trinajstić information content (AvgIpc) is 2.15. The van der Waals surface area contributed by atoms with Gasteiger partial charge < -0.3 is 4.90 Å². The van der Waals surface area contributed by atoms with Crippen molar-refractivity contribution >= 4 is 28.6 Å². The summed E-state index contributed by atoms with van der Waals surface area (Å²) in [5.74, 6) is 1.13. The van der Waals surface area contributed by atoms with Crippen LogP contribution in [0.1, 0.15) is 50.7 Å². The zero-order valence-corrected chi connectivity index (χ0v) is 12.5. The van der Waals surface area contributed by atoms with E-state index in [4.69, 9.17) is 0 Å². The predicted octanol–water partition coefficient (Wildman–Crippen LogP) is 2.32. The van der Waals surface area contributed by atoms with Gasteiger partial charge in [0.15, 0.2) is 0 Å². The third-order valence-electron chi connectivity index (χ3n) is 2.88. The number of nitrogens with zero attached hydrogens (tertiary/aromatic N) is 1. The van der Waals surface area contributed by atoms with E-state index in [1.165, 1.54) is 22.1 Å². The van der Waals surface area contributed by atoms with Crippen LogP contribution in [-0.2, 0) is 0 Å². The number of benzene rings is 1. The van der Waals surface area contributed by atoms with Gasteiger partial charge in [0.05, 0.1) is 8.41 Å². The fraction of sp³-hybridized carbons (Fsp3) is 0.571. The van der Waals surface area contributed by atoms with Gasteiger partial charge in [0.25, 0.3) is 0 Å². The van der Waals surface area contributed by atoms with Gasteiger partial charge in [0.1, 0.15) is 0 Å². The summed E-state index contributed by atoms with van der Waals surface area (Å²) < 4.78 is 0. The Bertz CT molecular complexity index is 343. The maximum absolute atomic E-state index is 2.82. The summed E-state index contributed by atoms with van der Waals surface area (Å²) in [5.41, 5.74) is 4.29. The van der Waals surface area contributed by atoms with Gasteiger partial charge >= 0.3 is 0 Å². The van der Waals surface area contributed by atoms with Gasteiger partial charge in [-0.25, -0.2) is 0 Å². The van der Waals surface area contributed by atoms with Crippen molar-refractivity contribution in [2.45, 2.75) is 39.5 Å². The Labute approximate surface area is 111 Å². The molecular formula is C14H27BNP. The third-order valence-corrected chi connectivity index (χ3v) is 3.22. The summed E-state index contributed by atoms with van der Waals surface area (Å²) in [6.07, 6.45) is 0. The SMILES string of the molecule is B.CC(C)c1cc(P)cc(C(C)C)c1N(C)C. The van der Waals surface area contributed by atoms with Crippen LogP contribution in [-0.4, -0.2) is 22.5 Å². The van der Waals surface area contributed by atoms with Gasteiger partial charge in [-0.05, 0) is 40.4 Å². The van der Waals surface area contributed by atoms with Crippen LogP contribution in [0.25, 0.3) is 0 Å². The Kier molecular flexibility index (Phi) is 6.26. The second-order valence-electron chi connectivity index (χ2n) is 5.25. The van der Waals surface area contributed by atoms with Crippen LogP contribution in [0.4, 0.5) is 5.69 Å². The summed E-state index contributed by atoms with van der Waals surface area (Å²) >= 11 is 0. The zero-order chi connectivity index (χ0) is 12.5. The average molecular weight is 251 g/mol. The Morgan fingerprint density at radius 1 is 0.941 bits per heavy atom. The maximum Gasteiger partial charge on any atom is 0.0814 e. The first kappa shape index (κ1) is 16.5. The molecule has 0 aliphatic carbocycles. The molecule has 0 saturated carbocycles. The van der Waals surface area contributed by atoms with Crippen LogP contribution in [0, 0.1) is 0 Å². The first-order valence-electron chi connectivity index (χ1n) is 5.95. The van der Waals surface area contributed by atoms with E-state index in [0.717, 1.165) is 0 Å². The van der Waals surface area contributed by atoms with E-state index >= 15 is 0 Å². The second-order valence-corrected chi connectivity index (χ2v) is 5.92. The van der Waals surface area contributed by atoms with E-state index in [0.29, 0.717) is 11.8 Å². The number of hydrogen-bond acceptors (Lipinski definition) is 1. The zero-order valence-electron chi connectivity index (χ0n) is 11.3. The van der Waals surface area contributed by atoms with E-state index < -0.39 is 0 Å². The highest BCUT2D eigenvalue weighted by molar-refractivity contribution is 7.27. The molecule has 1 aromatic carbocycles. The minimum absolute atomic E-state index is 0. The van der Waals surface area contributed by atoms with Crippen molar-refractivity contribution in [2.24, 2.45) is 0 Å². The molecule has 3 heteroatoms. The molecular weight excluding hydrogens is 224 g/mol. The molecule has 1 aromatic rings. The van der Waals surface area contributed by atoms with Gasteiger partial charge in [-0.2, -0.15) is 0 Å². The van der Waals surface area contributed by atoms with Gasteiger partial charge in [-0.3, -0.25) is 0 Å². The smallest absolute Gasteiger partial charge is 0.0814 e. The molecule has 17 heavy (non-hydrogen) atoms. The number of rotatable bonds is 3. The summed E-state index contributed by atoms with van der Waals surface area (Å²) in [6.45, 7) is 9.04. The Morgan fingerprint density at radius 2 is 1.29 bits per heavy atom. The molecule has 1 nitrogen and oxygen atoms in total. The maximum atomic E-state index is 2.82. The van der Waals surface area contributed by atoms with Gasteiger partial charge in [-0.15, -0.1) is 9.24 Å². The molecule has 0 saturated heterocycles. The molecule has 0 aliphatic heterocycles. The lowest BCUT2D eigenvalue weighted by molar-refractivity contribution is 0.824. The molecule has 0 bridgehead atoms. The fourth-order valence-electron chi connectivity index (χ4n) is 2.10. The van der Waals surface area contributed by atoms with Crippen molar-refractivity contribution in [1.82, 2.24) is 0 Å². The molecule has 0 aromatic heterocycles. The highest BCUT2D eigenvalue weighted by Crippen LogP contribution is 2.33. The van der Waals surface area contributed by atoms with Crippen LogP contribution >= 0.6 is 9.24 Å². The second kappa shape index (κ2) is 6.45. The van der Waals surface area contributed by atoms with Gasteiger partial charge in [-0.1, -0.05) is 27.7 Å². The normalized spacial score (nSPS) is 10.6. The lowest BCUT2D eigenvalue weighted by atomic mass is 9.92. The fourth-order valence-corrected chi connectivity index (χ4v) is 2.46. The summed E-state index contributed by atoms with van der Waals surface area (Å²) in [4.78, 5) is 2.24. The Hall–Kier alpha value is -0.485. The molecule has 0 aliphatic rings. The summed E-state index contributed by atoms with van der Waals surface area (Å²) in [6, 6.07) is 4.58. The third kappa shape index (κ3) is 3.74. The van der Waals surface area contributed by atoms with Crippen molar-refractivity contribution < 1.29 is 0 Å². The van der Waals surface area contributed by atoms with Crippen LogP contribution in [0.2, 0.25) is 0 Å². The van der Waals surface area contributed by atoms with Crippen LogP contribution in [0.5, 0.6) is 0 Å². The molecule has 0 spiro atoms. The molecule has 0 N–H and O–H groups in total. The molecule has 1 rings (SSSR count). The monoisotopic (exact) mass is 251 g/mol. The van der Waals surface area contributed by atoms with Crippen LogP contribution in [0.15, 0.2) is 12.1 Å². The number of anilines is 1. The topological polar surface area (TPSA) is 3.24 Å². The van der Waals surface area contributed by atoms with E-state index in [1.54, 1.807) is 0 Å². The molecule has 1 atom stereocenters. The summed E-state index contributed by atoms with van der Waals surface area (Å²) in [5, 5.41) is 1.29. The number of hydrogen-bond donors (Lipinski definition) is 0. The van der Waals surface area contributed by atoms with Crippen LogP contribution in [0.3, 0.4) is 0 Å². The van der Waals surface area contributed by atoms with E-state index in [-0.39, 0.29) is 8.41 Å². The summed E-state index contributed by atoms with van der Waals surface area (Å²) in [7, 11) is 7.09. The van der Waals surface area contributed by atoms with E-state index in [2.05, 4.69) is 68.1 Å². The molecule has 0 heterocycles. The first-order valence-corrected chi connectivity index (χ1v) is 6.53. The van der Waals surface area contributed by atoms with Crippen molar-refractivity contribution in [3.05, 3.63) is 23.3 Å². The molecule has 0 fully saturated rings. The first-order chi connectivity index (χ1) is 7.34. The largest absolute Gasteiger partial charge is 0.377 e. The Balaban J connectivity index is 0.00000256. The van der Waals surface area contributed by atoms with Crippen molar-refractivity contribution in [2.75, 3.05) is 19.0 Å². The predicted molar refractivity (Wildman–Crippen MR) is 88.2 cm³/mol. The van der Waals surface area contributed by atoms with Gasteiger partial charge in [0.2, 0.25) is 0 Å². The molecule has 0 amide bonds. The Morgan fingerprint density at radius 3 is 1.53 bits per heavy atom.